The molecule has 4 rings (SSSR count). The Morgan fingerprint density at radius 3 is 2.68 bits per heavy atom. The van der Waals surface area contributed by atoms with Crippen LogP contribution in [-0.4, -0.2) is 35.7 Å². The lowest BCUT2D eigenvalue weighted by Gasteiger charge is -2.15. The number of aromatic nitrogens is 2. The van der Waals surface area contributed by atoms with Crippen molar-refractivity contribution in [3.8, 4) is 5.69 Å². The second-order valence-corrected chi connectivity index (χ2v) is 11.9. The monoisotopic (exact) mass is 488 g/mol. The number of hydrogen-bond donors (Lipinski definition) is 0. The number of alkyl halides is 3. The molecule has 1 aliphatic carbocycles. The van der Waals surface area contributed by atoms with Crippen molar-refractivity contribution in [2.24, 2.45) is 0 Å². The van der Waals surface area contributed by atoms with Crippen molar-refractivity contribution >= 4 is 43.2 Å². The highest BCUT2D eigenvalue weighted by atomic mass is 32.2. The summed E-state index contributed by atoms with van der Waals surface area (Å²) in [7, 11) is -3.23. The fourth-order valence-corrected chi connectivity index (χ4v) is 7.13. The highest BCUT2D eigenvalue weighted by Gasteiger charge is 2.31. The average Bonchev–Trinajstić information content (AvgIpc) is 3.05. The van der Waals surface area contributed by atoms with E-state index in [9.17, 15) is 26.4 Å². The minimum atomic E-state index is -4.55. The fourth-order valence-electron chi connectivity index (χ4n) is 3.62. The molecule has 0 saturated heterocycles. The predicted molar refractivity (Wildman–Crippen MR) is 117 cm³/mol. The Kier molecular flexibility index (Phi) is 5.95. The number of thiophene rings is 1. The molecule has 11 heteroatoms. The number of fused-ring (bicyclic) bond motifs is 3. The third-order valence-electron chi connectivity index (χ3n) is 5.08. The summed E-state index contributed by atoms with van der Waals surface area (Å²) in [5.41, 5.74) is -0.272. The summed E-state index contributed by atoms with van der Waals surface area (Å²) in [6, 6.07) is 4.56. The number of sulfone groups is 1. The molecule has 3 aromatic rings. The van der Waals surface area contributed by atoms with Gasteiger partial charge in [0.05, 0.1) is 22.4 Å². The summed E-state index contributed by atoms with van der Waals surface area (Å²) in [6.07, 6.45) is 0.134. The van der Waals surface area contributed by atoms with E-state index in [0.717, 1.165) is 66.3 Å². The molecule has 0 fully saturated rings. The molecule has 2 heterocycles. The largest absolute Gasteiger partial charge is 0.416 e. The standard InChI is InChI=1S/C20H19F3N2O3S3/c1-31(27,28)10-9-29-19-24-17-16(14-7-2-3-8-15(14)30-17)18(26)25(19)13-6-4-5-12(11-13)20(21,22)23/h4-6,11H,2-3,7-10H2,1H3. The number of halogens is 3. The van der Waals surface area contributed by atoms with Gasteiger partial charge in [0, 0.05) is 16.9 Å². The summed E-state index contributed by atoms with van der Waals surface area (Å²) in [4.78, 5) is 19.8. The van der Waals surface area contributed by atoms with E-state index in [4.69, 9.17) is 0 Å². The zero-order valence-electron chi connectivity index (χ0n) is 16.5. The molecule has 1 aliphatic rings. The molecular formula is C20H19F3N2O3S3. The third-order valence-corrected chi connectivity index (χ3v) is 8.41. The van der Waals surface area contributed by atoms with Crippen LogP contribution < -0.4 is 5.56 Å². The van der Waals surface area contributed by atoms with Crippen LogP contribution in [0.2, 0.25) is 0 Å². The summed E-state index contributed by atoms with van der Waals surface area (Å²) < 4.78 is 64.0. The number of nitrogens with zero attached hydrogens (tertiary/aromatic N) is 2. The van der Waals surface area contributed by atoms with Crippen LogP contribution in [0.15, 0.2) is 34.2 Å². The molecule has 0 radical (unpaired) electrons. The van der Waals surface area contributed by atoms with Gasteiger partial charge in [0.2, 0.25) is 0 Å². The average molecular weight is 489 g/mol. The highest BCUT2D eigenvalue weighted by Crippen LogP contribution is 2.36. The molecule has 31 heavy (non-hydrogen) atoms. The van der Waals surface area contributed by atoms with Crippen molar-refractivity contribution in [1.82, 2.24) is 9.55 Å². The van der Waals surface area contributed by atoms with Crippen LogP contribution in [-0.2, 0) is 28.9 Å². The molecule has 0 unspecified atom stereocenters. The van der Waals surface area contributed by atoms with Gasteiger partial charge in [-0.25, -0.2) is 13.4 Å². The lowest BCUT2D eigenvalue weighted by Crippen LogP contribution is -2.23. The van der Waals surface area contributed by atoms with E-state index in [1.54, 1.807) is 0 Å². The molecule has 5 nitrogen and oxygen atoms in total. The quantitative estimate of drug-likeness (QED) is 0.391. The number of hydrogen-bond acceptors (Lipinski definition) is 6. The van der Waals surface area contributed by atoms with E-state index in [-0.39, 0.29) is 22.3 Å². The van der Waals surface area contributed by atoms with Gasteiger partial charge in [-0.1, -0.05) is 17.8 Å². The van der Waals surface area contributed by atoms with Crippen LogP contribution in [0.5, 0.6) is 0 Å². The first-order chi connectivity index (χ1) is 14.5. The molecule has 1 aromatic carbocycles. The topological polar surface area (TPSA) is 69.0 Å². The number of rotatable bonds is 5. The normalized spacial score (nSPS) is 14.7. The molecule has 0 aliphatic heterocycles. The predicted octanol–water partition coefficient (Wildman–Crippen LogP) is 4.48. The Balaban J connectivity index is 1.91. The van der Waals surface area contributed by atoms with Crippen LogP contribution in [0.1, 0.15) is 28.8 Å². The van der Waals surface area contributed by atoms with Crippen molar-refractivity contribution in [2.75, 3.05) is 17.8 Å². The zero-order valence-corrected chi connectivity index (χ0v) is 19.0. The zero-order chi connectivity index (χ0) is 22.4. The second kappa shape index (κ2) is 8.25. The van der Waals surface area contributed by atoms with E-state index < -0.39 is 27.1 Å². The first-order valence-corrected chi connectivity index (χ1v) is 13.5. The number of aryl methyl sites for hydroxylation is 2. The van der Waals surface area contributed by atoms with Gasteiger partial charge in [0.25, 0.3) is 5.56 Å². The van der Waals surface area contributed by atoms with Crippen molar-refractivity contribution in [2.45, 2.75) is 37.0 Å². The van der Waals surface area contributed by atoms with Crippen LogP contribution in [0, 0.1) is 0 Å². The Morgan fingerprint density at radius 2 is 1.97 bits per heavy atom. The number of benzene rings is 1. The van der Waals surface area contributed by atoms with E-state index in [1.807, 2.05) is 0 Å². The lowest BCUT2D eigenvalue weighted by molar-refractivity contribution is -0.137. The fraction of sp³-hybridized carbons (Fsp3) is 0.400. The van der Waals surface area contributed by atoms with Gasteiger partial charge < -0.3 is 0 Å². The first-order valence-electron chi connectivity index (χ1n) is 9.60. The molecule has 0 atom stereocenters. The molecule has 0 bridgehead atoms. The van der Waals surface area contributed by atoms with Crippen molar-refractivity contribution in [3.05, 3.63) is 50.6 Å². The first kappa shape index (κ1) is 22.3. The van der Waals surface area contributed by atoms with Crippen molar-refractivity contribution in [1.29, 1.82) is 0 Å². The minimum Gasteiger partial charge on any atom is -0.268 e. The Hall–Kier alpha value is -1.85. The number of thioether (sulfide) groups is 1. The molecular weight excluding hydrogens is 469 g/mol. The van der Waals surface area contributed by atoms with Crippen molar-refractivity contribution < 1.29 is 21.6 Å². The van der Waals surface area contributed by atoms with E-state index in [2.05, 4.69) is 4.98 Å². The molecule has 0 spiro atoms. The highest BCUT2D eigenvalue weighted by molar-refractivity contribution is 8.00. The third kappa shape index (κ3) is 4.68. The van der Waals surface area contributed by atoms with E-state index in [0.29, 0.717) is 10.2 Å². The Bertz CT molecular complexity index is 1310. The maximum atomic E-state index is 13.5. The van der Waals surface area contributed by atoms with Gasteiger partial charge in [0.1, 0.15) is 14.7 Å². The van der Waals surface area contributed by atoms with Crippen LogP contribution in [0.25, 0.3) is 15.9 Å². The summed E-state index contributed by atoms with van der Waals surface area (Å²) >= 11 is 2.50. The maximum Gasteiger partial charge on any atom is 0.416 e. The van der Waals surface area contributed by atoms with E-state index >= 15 is 0 Å². The van der Waals surface area contributed by atoms with Crippen LogP contribution in [0.3, 0.4) is 0 Å². The molecule has 0 saturated carbocycles. The molecule has 166 valence electrons. The van der Waals surface area contributed by atoms with Crippen molar-refractivity contribution in [3.63, 3.8) is 0 Å². The second-order valence-electron chi connectivity index (χ2n) is 7.45. The summed E-state index contributed by atoms with van der Waals surface area (Å²) in [5.74, 6) is 0.00986. The smallest absolute Gasteiger partial charge is 0.268 e. The van der Waals surface area contributed by atoms with Gasteiger partial charge >= 0.3 is 6.18 Å². The molecule has 2 aromatic heterocycles. The van der Waals surface area contributed by atoms with Gasteiger partial charge in [-0.05, 0) is 49.4 Å². The van der Waals surface area contributed by atoms with Crippen LogP contribution >= 0.6 is 23.1 Å². The Labute approximate surface area is 185 Å². The maximum absolute atomic E-state index is 13.5. The van der Waals surface area contributed by atoms with Gasteiger partial charge in [0.15, 0.2) is 5.16 Å². The lowest BCUT2D eigenvalue weighted by atomic mass is 9.97. The van der Waals surface area contributed by atoms with E-state index in [1.165, 1.54) is 28.0 Å². The van der Waals surface area contributed by atoms with Crippen LogP contribution in [0.4, 0.5) is 13.2 Å². The minimum absolute atomic E-state index is 0.0619. The SMILES string of the molecule is CS(=O)(=O)CCSc1nc2sc3c(c2c(=O)n1-c1cccc(C(F)(F)F)c1)CCCC3. The molecule has 0 amide bonds. The van der Waals surface area contributed by atoms with Gasteiger partial charge in [-0.15, -0.1) is 11.3 Å². The summed E-state index contributed by atoms with van der Waals surface area (Å²) in [6.45, 7) is 0. The Morgan fingerprint density at radius 1 is 1.23 bits per heavy atom. The van der Waals surface area contributed by atoms with Gasteiger partial charge in [-0.3, -0.25) is 9.36 Å². The van der Waals surface area contributed by atoms with Gasteiger partial charge in [-0.2, -0.15) is 13.2 Å². The molecule has 0 N–H and O–H groups in total. The summed E-state index contributed by atoms with van der Waals surface area (Å²) in [5, 5.41) is 0.656.